The van der Waals surface area contributed by atoms with Crippen LogP contribution in [-0.2, 0) is 9.53 Å². The number of hydrogen-bond donors (Lipinski definition) is 2. The molecule has 2 rings (SSSR count). The van der Waals surface area contributed by atoms with Gasteiger partial charge >= 0.3 is 5.97 Å². The van der Waals surface area contributed by atoms with Crippen molar-refractivity contribution in [2.24, 2.45) is 11.1 Å². The van der Waals surface area contributed by atoms with Crippen molar-refractivity contribution in [3.05, 3.63) is 0 Å². The molecule has 2 saturated carbocycles. The molecule has 0 aromatic rings. The minimum absolute atomic E-state index is 0.347. The van der Waals surface area contributed by atoms with Crippen molar-refractivity contribution in [1.29, 1.82) is 0 Å². The number of aliphatic hydroxyl groups is 1. The van der Waals surface area contributed by atoms with Gasteiger partial charge in [-0.25, -0.2) is 0 Å². The monoisotopic (exact) mass is 185 g/mol. The van der Waals surface area contributed by atoms with E-state index in [9.17, 15) is 9.90 Å². The van der Waals surface area contributed by atoms with Gasteiger partial charge in [0.05, 0.1) is 13.2 Å². The summed E-state index contributed by atoms with van der Waals surface area (Å²) in [6.07, 6.45) is 2.68. The Bertz CT molecular complexity index is 249. The van der Waals surface area contributed by atoms with Crippen molar-refractivity contribution in [2.45, 2.75) is 37.3 Å². The third-order valence-electron chi connectivity index (χ3n) is 3.84. The van der Waals surface area contributed by atoms with Crippen LogP contribution in [0, 0.1) is 5.41 Å². The fourth-order valence-electron chi connectivity index (χ4n) is 2.68. The third kappa shape index (κ3) is 0.802. The summed E-state index contributed by atoms with van der Waals surface area (Å²) in [7, 11) is 1.34. The molecule has 2 aliphatic carbocycles. The van der Waals surface area contributed by atoms with Gasteiger partial charge in [-0.05, 0) is 12.8 Å². The molecule has 2 atom stereocenters. The molecule has 3 N–H and O–H groups in total. The first kappa shape index (κ1) is 8.97. The summed E-state index contributed by atoms with van der Waals surface area (Å²) in [4.78, 5) is 11.4. The van der Waals surface area contributed by atoms with E-state index in [4.69, 9.17) is 5.73 Å². The first-order valence-electron chi connectivity index (χ1n) is 4.62. The van der Waals surface area contributed by atoms with E-state index in [0.29, 0.717) is 6.42 Å². The Morgan fingerprint density at radius 2 is 2.23 bits per heavy atom. The lowest BCUT2D eigenvalue weighted by Gasteiger charge is -2.63. The highest BCUT2D eigenvalue weighted by atomic mass is 16.5. The van der Waals surface area contributed by atoms with Crippen molar-refractivity contribution < 1.29 is 14.6 Å². The zero-order chi connectivity index (χ0) is 9.69. The Labute approximate surface area is 77.1 Å². The van der Waals surface area contributed by atoms with Gasteiger partial charge in [-0.1, -0.05) is 6.42 Å². The summed E-state index contributed by atoms with van der Waals surface area (Å²) in [6, 6.07) is 0. The first-order valence-corrected chi connectivity index (χ1v) is 4.62. The van der Waals surface area contributed by atoms with Crippen molar-refractivity contribution in [3.8, 4) is 0 Å². The molecule has 0 aliphatic heterocycles. The maximum absolute atomic E-state index is 11.4. The molecule has 0 unspecified atom stereocenters. The van der Waals surface area contributed by atoms with Crippen molar-refractivity contribution in [3.63, 3.8) is 0 Å². The first-order chi connectivity index (χ1) is 6.07. The normalized spacial score (nSPS) is 40.7. The zero-order valence-electron chi connectivity index (χ0n) is 7.75. The lowest BCUT2D eigenvalue weighted by Crippen LogP contribution is -2.77. The largest absolute Gasteiger partial charge is 0.468 e. The number of hydrogen-bond acceptors (Lipinski definition) is 4. The number of ether oxygens (including phenoxy) is 1. The average Bonchev–Trinajstić information content (AvgIpc) is 1.98. The zero-order valence-corrected chi connectivity index (χ0v) is 7.75. The van der Waals surface area contributed by atoms with Gasteiger partial charge in [-0.3, -0.25) is 4.79 Å². The molecule has 0 saturated heterocycles. The minimum Gasteiger partial charge on any atom is -0.468 e. The van der Waals surface area contributed by atoms with Crippen LogP contribution in [-0.4, -0.2) is 29.8 Å². The Morgan fingerprint density at radius 1 is 1.62 bits per heavy atom. The number of nitrogens with two attached hydrogens (primary N) is 1. The highest BCUT2D eigenvalue weighted by Gasteiger charge is 2.70. The van der Waals surface area contributed by atoms with Gasteiger partial charge < -0.3 is 15.6 Å². The van der Waals surface area contributed by atoms with Gasteiger partial charge in [0.2, 0.25) is 0 Å². The number of methoxy groups -OCH3 is 1. The molecule has 74 valence electrons. The summed E-state index contributed by atoms with van der Waals surface area (Å²) in [5, 5.41) is 9.61. The predicted molar refractivity (Wildman–Crippen MR) is 45.8 cm³/mol. The standard InChI is InChI=1S/C9H15NO3/c1-13-7(12)9(10)5-6(11)8(9)3-2-4-8/h6,11H,2-5,10H2,1H3/t6-,9-/m0/s1. The molecule has 4 heteroatoms. The molecule has 0 aromatic heterocycles. The van der Waals surface area contributed by atoms with E-state index in [0.717, 1.165) is 19.3 Å². The van der Waals surface area contributed by atoms with E-state index in [1.165, 1.54) is 7.11 Å². The summed E-state index contributed by atoms with van der Waals surface area (Å²) in [5.41, 5.74) is 4.67. The second-order valence-electron chi connectivity index (χ2n) is 4.19. The van der Waals surface area contributed by atoms with Crippen molar-refractivity contribution >= 4 is 5.97 Å². The smallest absolute Gasteiger partial charge is 0.326 e. The van der Waals surface area contributed by atoms with Crippen LogP contribution in [0.15, 0.2) is 0 Å². The number of aliphatic hydroxyl groups excluding tert-OH is 1. The SMILES string of the molecule is COC(=O)[C@@]1(N)C[C@H](O)C12CCC2. The van der Waals surface area contributed by atoms with Crippen LogP contribution in [0.3, 0.4) is 0 Å². The molecular formula is C9H15NO3. The molecule has 0 amide bonds. The molecule has 13 heavy (non-hydrogen) atoms. The highest BCUT2D eigenvalue weighted by molar-refractivity contribution is 5.84. The fraction of sp³-hybridized carbons (Fsp3) is 0.889. The molecular weight excluding hydrogens is 170 g/mol. The highest BCUT2D eigenvalue weighted by Crippen LogP contribution is 2.61. The van der Waals surface area contributed by atoms with Crippen LogP contribution in [0.25, 0.3) is 0 Å². The van der Waals surface area contributed by atoms with Crippen LogP contribution in [0.2, 0.25) is 0 Å². The lowest BCUT2D eigenvalue weighted by atomic mass is 9.44. The van der Waals surface area contributed by atoms with Gasteiger partial charge in [0, 0.05) is 11.8 Å². The van der Waals surface area contributed by atoms with Crippen molar-refractivity contribution in [1.82, 2.24) is 0 Å². The molecule has 2 aliphatic rings. The molecule has 0 radical (unpaired) electrons. The van der Waals surface area contributed by atoms with Gasteiger partial charge in [-0.2, -0.15) is 0 Å². The number of esters is 1. The van der Waals surface area contributed by atoms with Gasteiger partial charge in [0.15, 0.2) is 0 Å². The number of rotatable bonds is 1. The Morgan fingerprint density at radius 3 is 2.54 bits per heavy atom. The van der Waals surface area contributed by atoms with E-state index in [-0.39, 0.29) is 11.4 Å². The maximum atomic E-state index is 11.4. The summed E-state index contributed by atoms with van der Waals surface area (Å²) in [6.45, 7) is 0. The summed E-state index contributed by atoms with van der Waals surface area (Å²) in [5.74, 6) is -0.377. The topological polar surface area (TPSA) is 72.5 Å². The maximum Gasteiger partial charge on any atom is 0.326 e. The number of carbonyl (C=O) groups is 1. The van der Waals surface area contributed by atoms with E-state index in [2.05, 4.69) is 4.74 Å². The molecule has 4 nitrogen and oxygen atoms in total. The second-order valence-corrected chi connectivity index (χ2v) is 4.19. The van der Waals surface area contributed by atoms with Crippen LogP contribution in [0.5, 0.6) is 0 Å². The molecule has 1 spiro atoms. The van der Waals surface area contributed by atoms with Gasteiger partial charge in [-0.15, -0.1) is 0 Å². The van der Waals surface area contributed by atoms with E-state index in [1.807, 2.05) is 0 Å². The molecule has 0 aromatic carbocycles. The molecule has 2 fully saturated rings. The van der Waals surface area contributed by atoms with Gasteiger partial charge in [0.25, 0.3) is 0 Å². The Balaban J connectivity index is 2.21. The predicted octanol–water partition coefficient (Wildman–Crippen LogP) is -0.208. The van der Waals surface area contributed by atoms with Gasteiger partial charge in [0.1, 0.15) is 5.54 Å². The van der Waals surface area contributed by atoms with Crippen LogP contribution in [0.4, 0.5) is 0 Å². The van der Waals surface area contributed by atoms with E-state index in [1.54, 1.807) is 0 Å². The third-order valence-corrected chi connectivity index (χ3v) is 3.84. The lowest BCUT2D eigenvalue weighted by molar-refractivity contribution is -0.207. The Kier molecular flexibility index (Phi) is 1.69. The second kappa shape index (κ2) is 2.45. The van der Waals surface area contributed by atoms with Crippen LogP contribution in [0.1, 0.15) is 25.7 Å². The van der Waals surface area contributed by atoms with E-state index >= 15 is 0 Å². The molecule has 0 heterocycles. The summed E-state index contributed by atoms with van der Waals surface area (Å²) < 4.78 is 4.66. The quantitative estimate of drug-likeness (QED) is 0.554. The average molecular weight is 185 g/mol. The summed E-state index contributed by atoms with van der Waals surface area (Å²) >= 11 is 0. The fourth-order valence-corrected chi connectivity index (χ4v) is 2.68. The van der Waals surface area contributed by atoms with Crippen LogP contribution < -0.4 is 5.73 Å². The van der Waals surface area contributed by atoms with Crippen molar-refractivity contribution in [2.75, 3.05) is 7.11 Å². The number of carbonyl (C=O) groups excluding carboxylic acids is 1. The molecule has 0 bridgehead atoms. The van der Waals surface area contributed by atoms with Crippen LogP contribution >= 0.6 is 0 Å². The van der Waals surface area contributed by atoms with E-state index < -0.39 is 11.6 Å². The Hall–Kier alpha value is -0.610. The minimum atomic E-state index is -0.917.